The average molecular weight is 1120 g/mol. The fourth-order valence-electron chi connectivity index (χ4n) is 15.6. The molecular formula is C81H88BN3. The maximum atomic E-state index is 9.54. The highest BCUT2D eigenvalue weighted by Crippen LogP contribution is 2.56. The molecule has 0 spiro atoms. The number of fused-ring (bicyclic) bond motifs is 7. The first-order valence-electron chi connectivity index (χ1n) is 32.7. The van der Waals surface area contributed by atoms with Crippen LogP contribution in [0.2, 0.25) is 0 Å². The molecule has 0 fully saturated rings. The van der Waals surface area contributed by atoms with Crippen LogP contribution >= 0.6 is 0 Å². The molecule has 0 aromatic heterocycles. The van der Waals surface area contributed by atoms with E-state index in [0.717, 1.165) is 79.8 Å². The molecule has 0 atom stereocenters. The maximum absolute atomic E-state index is 9.54. The Balaban J connectivity index is 1.18. The van der Waals surface area contributed by atoms with Crippen LogP contribution in [0.25, 0.3) is 11.1 Å². The van der Waals surface area contributed by atoms with E-state index in [-0.39, 0.29) is 44.6 Å². The molecule has 0 bridgehead atoms. The molecule has 9 aromatic rings. The largest absolute Gasteiger partial charge is 0.311 e. The number of aryl methyl sites for hydroxylation is 2. The van der Waals surface area contributed by atoms with Crippen LogP contribution < -0.4 is 31.1 Å². The Labute approximate surface area is 514 Å². The third-order valence-electron chi connectivity index (χ3n) is 20.2. The Bertz CT molecular complexity index is 4240. The zero-order chi connectivity index (χ0) is 63.0. The molecule has 2 aliphatic heterocycles. The standard InChI is InChI=1S/C81H88BN3/c1-50-41-72-74-73(42-50)85(69-47-63-62(43-51(69)2)78(12,13)49-79(63,14)15)70-45-58(83(56-34-29-53(30-35-56)75(3,4)5)57-36-31-54(32-37-57)76(6,7)8)38-39-66(70)82(74)67-46-64-65(81(18,19)61-28-24-23-27-60(61)80(64,16)17)48-71(67)84(72)68-40-33-55(77(9,10)11)44-59(68)52-25-21-20-22-26-52/h20-48H,49H2,1-19H3/i1D3. The van der Waals surface area contributed by atoms with Crippen molar-refractivity contribution in [1.29, 1.82) is 0 Å². The van der Waals surface area contributed by atoms with Gasteiger partial charge in [0.05, 0.1) is 5.69 Å². The summed E-state index contributed by atoms with van der Waals surface area (Å²) in [5.74, 6) is 0. The number of hydrogen-bond acceptors (Lipinski definition) is 3. The minimum Gasteiger partial charge on any atom is -0.311 e. The lowest BCUT2D eigenvalue weighted by Gasteiger charge is -2.48. The van der Waals surface area contributed by atoms with Gasteiger partial charge in [0.2, 0.25) is 0 Å². The second-order valence-corrected chi connectivity index (χ2v) is 30.9. The van der Waals surface area contributed by atoms with Crippen LogP contribution in [0.4, 0.5) is 51.2 Å². The van der Waals surface area contributed by atoms with Gasteiger partial charge in [0.1, 0.15) is 0 Å². The van der Waals surface area contributed by atoms with Crippen LogP contribution in [-0.2, 0) is 37.9 Å². The van der Waals surface area contributed by atoms with E-state index in [0.29, 0.717) is 5.56 Å². The van der Waals surface area contributed by atoms with Gasteiger partial charge in [-0.3, -0.25) is 0 Å². The molecule has 13 rings (SSSR count). The molecule has 4 aliphatic rings. The van der Waals surface area contributed by atoms with E-state index in [1.54, 1.807) is 0 Å². The summed E-state index contributed by atoms with van der Waals surface area (Å²) in [6.07, 6.45) is 1.02. The lowest BCUT2D eigenvalue weighted by Crippen LogP contribution is -2.62. The minimum absolute atomic E-state index is 0.0279. The van der Waals surface area contributed by atoms with Gasteiger partial charge in [-0.25, -0.2) is 0 Å². The van der Waals surface area contributed by atoms with E-state index in [9.17, 15) is 4.11 Å². The van der Waals surface area contributed by atoms with Crippen molar-refractivity contribution in [1.82, 2.24) is 0 Å². The molecule has 2 heterocycles. The van der Waals surface area contributed by atoms with Crippen LogP contribution in [0.5, 0.6) is 0 Å². The third-order valence-corrected chi connectivity index (χ3v) is 20.2. The fraction of sp³-hybridized carbons (Fsp3) is 0.333. The molecule has 2 aliphatic carbocycles. The quantitative estimate of drug-likeness (QED) is 0.154. The van der Waals surface area contributed by atoms with E-state index in [1.807, 2.05) is 12.1 Å². The van der Waals surface area contributed by atoms with Gasteiger partial charge in [-0.2, -0.15) is 0 Å². The molecule has 9 aromatic carbocycles. The van der Waals surface area contributed by atoms with Gasteiger partial charge in [-0.05, 0) is 203 Å². The summed E-state index contributed by atoms with van der Waals surface area (Å²) in [6, 6.07) is 66.4. The molecule has 0 saturated carbocycles. The van der Waals surface area contributed by atoms with Crippen LogP contribution in [-0.4, -0.2) is 6.71 Å². The predicted octanol–water partition coefficient (Wildman–Crippen LogP) is 20.3. The van der Waals surface area contributed by atoms with Crippen molar-refractivity contribution in [3.63, 3.8) is 0 Å². The van der Waals surface area contributed by atoms with E-state index in [4.69, 9.17) is 0 Å². The number of anilines is 9. The van der Waals surface area contributed by atoms with Crippen molar-refractivity contribution in [2.75, 3.05) is 14.7 Å². The van der Waals surface area contributed by atoms with Crippen molar-refractivity contribution >= 4 is 74.3 Å². The lowest BCUT2D eigenvalue weighted by molar-refractivity contribution is 0.403. The van der Waals surface area contributed by atoms with Crippen molar-refractivity contribution < 1.29 is 4.11 Å². The van der Waals surface area contributed by atoms with Crippen molar-refractivity contribution in [2.45, 2.75) is 176 Å². The molecule has 3 nitrogen and oxygen atoms in total. The molecule has 0 amide bonds. The molecular weight excluding hydrogens is 1030 g/mol. The van der Waals surface area contributed by atoms with Crippen LogP contribution in [0.1, 0.15) is 189 Å². The first-order valence-corrected chi connectivity index (χ1v) is 31.2. The highest BCUT2D eigenvalue weighted by Gasteiger charge is 2.49. The Kier molecular flexibility index (Phi) is 11.8. The SMILES string of the molecule is [2H]C([2H])([2H])c1cc2c3c(c1)N(c1ccc(C(C)(C)C)cc1-c1ccccc1)c1cc4c(cc1B3c1ccc(N(c3ccc(C(C)(C)C)cc3)c3ccc(C(C)(C)C)cc3)cc1N2c1cc2c(cc1C)C(C)(C)CC2(C)C)C(C)(C)c1ccccc1C4(C)C. The highest BCUT2D eigenvalue weighted by atomic mass is 15.2. The highest BCUT2D eigenvalue weighted by molar-refractivity contribution is 7.00. The summed E-state index contributed by atoms with van der Waals surface area (Å²) < 4.78 is 28.6. The Hall–Kier alpha value is -7.56. The third kappa shape index (κ3) is 8.96. The van der Waals surface area contributed by atoms with Crippen molar-refractivity contribution in [3.8, 4) is 11.1 Å². The summed E-state index contributed by atoms with van der Waals surface area (Å²) in [7, 11) is 0. The van der Waals surface area contributed by atoms with Gasteiger partial charge < -0.3 is 14.7 Å². The fourth-order valence-corrected chi connectivity index (χ4v) is 15.6. The second kappa shape index (κ2) is 19.0. The zero-order valence-corrected chi connectivity index (χ0v) is 53.9. The van der Waals surface area contributed by atoms with E-state index in [1.165, 1.54) is 61.0 Å². The van der Waals surface area contributed by atoms with Gasteiger partial charge in [-0.1, -0.05) is 221 Å². The van der Waals surface area contributed by atoms with Gasteiger partial charge in [0, 0.05) is 66.0 Å². The summed E-state index contributed by atoms with van der Waals surface area (Å²) in [4.78, 5) is 7.37. The summed E-state index contributed by atoms with van der Waals surface area (Å²) in [5, 5.41) is 0. The lowest BCUT2D eigenvalue weighted by atomic mass is 9.33. The molecule has 0 unspecified atom stereocenters. The first kappa shape index (κ1) is 53.0. The van der Waals surface area contributed by atoms with Crippen LogP contribution in [0.3, 0.4) is 0 Å². The predicted molar refractivity (Wildman–Crippen MR) is 368 cm³/mol. The molecule has 430 valence electrons. The maximum Gasteiger partial charge on any atom is 0.252 e. The Morgan fingerprint density at radius 3 is 1.42 bits per heavy atom. The first-order chi connectivity index (χ1) is 41.1. The monoisotopic (exact) mass is 1120 g/mol. The smallest absolute Gasteiger partial charge is 0.252 e. The number of hydrogen-bond donors (Lipinski definition) is 0. The number of rotatable bonds is 6. The van der Waals surface area contributed by atoms with E-state index in [2.05, 4.69) is 303 Å². The van der Waals surface area contributed by atoms with Gasteiger partial charge in [0.25, 0.3) is 6.71 Å². The molecule has 0 saturated heterocycles. The normalized spacial score (nSPS) is 17.3. The summed E-state index contributed by atoms with van der Waals surface area (Å²) in [5.41, 5.74) is 26.9. The van der Waals surface area contributed by atoms with Crippen molar-refractivity contribution in [2.24, 2.45) is 0 Å². The van der Waals surface area contributed by atoms with Gasteiger partial charge >= 0.3 is 0 Å². The Morgan fingerprint density at radius 1 is 0.412 bits per heavy atom. The molecule has 0 N–H and O–H groups in total. The van der Waals surface area contributed by atoms with Gasteiger partial charge in [0.15, 0.2) is 0 Å². The van der Waals surface area contributed by atoms with Crippen LogP contribution in [0.15, 0.2) is 176 Å². The molecule has 4 heteroatoms. The van der Waals surface area contributed by atoms with Gasteiger partial charge in [-0.15, -0.1) is 0 Å². The van der Waals surface area contributed by atoms with E-state index < -0.39 is 6.85 Å². The number of nitrogens with zero attached hydrogens (tertiary/aromatic N) is 3. The molecule has 85 heavy (non-hydrogen) atoms. The summed E-state index contributed by atoms with van der Waals surface area (Å²) in [6.45, 7) is 39.2. The zero-order valence-electron chi connectivity index (χ0n) is 56.9. The van der Waals surface area contributed by atoms with Crippen LogP contribution in [0, 0.1) is 13.8 Å². The average Bonchev–Trinajstić information content (AvgIpc) is 0.760. The topological polar surface area (TPSA) is 9.72 Å². The summed E-state index contributed by atoms with van der Waals surface area (Å²) >= 11 is 0. The number of benzene rings is 9. The van der Waals surface area contributed by atoms with E-state index >= 15 is 0 Å². The second-order valence-electron chi connectivity index (χ2n) is 30.9. The minimum atomic E-state index is -2.46. The van der Waals surface area contributed by atoms with Crippen molar-refractivity contribution in [3.05, 3.63) is 237 Å². The Morgan fingerprint density at radius 2 is 0.882 bits per heavy atom. The molecule has 0 radical (unpaired) electrons.